The number of fused-ring (bicyclic) bond motifs is 1. The van der Waals surface area contributed by atoms with Gasteiger partial charge in [-0.15, -0.1) is 0 Å². The number of ether oxygens (including phenoxy) is 1. The summed E-state index contributed by atoms with van der Waals surface area (Å²) in [7, 11) is 1.64. The molecule has 6 heteroatoms. The predicted molar refractivity (Wildman–Crippen MR) is 103 cm³/mol. The summed E-state index contributed by atoms with van der Waals surface area (Å²) in [6, 6.07) is 6.23. The molecule has 2 aliphatic heterocycles. The molecule has 1 saturated heterocycles. The first kappa shape index (κ1) is 17.9. The van der Waals surface area contributed by atoms with Gasteiger partial charge < -0.3 is 15.0 Å². The van der Waals surface area contributed by atoms with Crippen LogP contribution in [0.3, 0.4) is 0 Å². The molecule has 1 N–H and O–H groups in total. The third kappa shape index (κ3) is 3.81. The van der Waals surface area contributed by atoms with E-state index in [1.165, 1.54) is 6.42 Å². The third-order valence-electron chi connectivity index (χ3n) is 5.45. The summed E-state index contributed by atoms with van der Waals surface area (Å²) < 4.78 is 5.41. The van der Waals surface area contributed by atoms with Crippen LogP contribution in [0.15, 0.2) is 24.4 Å². The van der Waals surface area contributed by atoms with Gasteiger partial charge in [0.25, 0.3) is 0 Å². The highest BCUT2D eigenvalue weighted by molar-refractivity contribution is 5.80. The Hall–Kier alpha value is -2.47. The van der Waals surface area contributed by atoms with Gasteiger partial charge in [-0.25, -0.2) is 9.97 Å². The van der Waals surface area contributed by atoms with Crippen LogP contribution in [0.5, 0.6) is 5.75 Å². The Bertz CT molecular complexity index is 846. The Balaban J connectivity index is 1.46. The van der Waals surface area contributed by atoms with E-state index >= 15 is 0 Å². The van der Waals surface area contributed by atoms with Crippen LogP contribution in [0, 0.1) is 6.92 Å². The number of rotatable bonds is 4. The molecule has 1 atom stereocenters. The highest BCUT2D eigenvalue weighted by atomic mass is 16.5. The number of aryl methyl sites for hydroxylation is 1. The number of amides is 1. The van der Waals surface area contributed by atoms with Gasteiger partial charge in [0.2, 0.25) is 5.91 Å². The second-order valence-corrected chi connectivity index (χ2v) is 7.41. The SMILES string of the molecule is COc1ccc(C)cc1CC(=O)N1CCc2nc([C@H]3CCCN3)ncc2C1. The summed E-state index contributed by atoms with van der Waals surface area (Å²) in [5, 5.41) is 3.45. The Kier molecular flexibility index (Phi) is 5.07. The number of methoxy groups -OCH3 is 1. The zero-order chi connectivity index (χ0) is 18.8. The van der Waals surface area contributed by atoms with E-state index in [1.54, 1.807) is 7.11 Å². The lowest BCUT2D eigenvalue weighted by molar-refractivity contribution is -0.131. The number of aromatic nitrogens is 2. The number of hydrogen-bond donors (Lipinski definition) is 1. The van der Waals surface area contributed by atoms with Gasteiger partial charge in [-0.2, -0.15) is 0 Å². The van der Waals surface area contributed by atoms with Crippen molar-refractivity contribution >= 4 is 5.91 Å². The Labute approximate surface area is 160 Å². The van der Waals surface area contributed by atoms with Gasteiger partial charge in [0.05, 0.1) is 25.3 Å². The summed E-state index contributed by atoms with van der Waals surface area (Å²) in [6.07, 6.45) is 5.32. The van der Waals surface area contributed by atoms with Crippen LogP contribution in [-0.4, -0.2) is 41.0 Å². The molecule has 1 aromatic heterocycles. The molecule has 1 amide bonds. The normalized spacial score (nSPS) is 19.0. The van der Waals surface area contributed by atoms with E-state index in [0.717, 1.165) is 53.3 Å². The number of benzene rings is 1. The van der Waals surface area contributed by atoms with Crippen LogP contribution < -0.4 is 10.1 Å². The number of hydrogen-bond acceptors (Lipinski definition) is 5. The van der Waals surface area contributed by atoms with E-state index in [0.29, 0.717) is 19.5 Å². The lowest BCUT2D eigenvalue weighted by atomic mass is 10.0. The van der Waals surface area contributed by atoms with Gasteiger partial charge in [-0.1, -0.05) is 17.7 Å². The fourth-order valence-electron chi connectivity index (χ4n) is 3.94. The minimum atomic E-state index is 0.117. The quantitative estimate of drug-likeness (QED) is 0.900. The van der Waals surface area contributed by atoms with Crippen molar-refractivity contribution in [1.29, 1.82) is 0 Å². The molecule has 0 radical (unpaired) electrons. The first-order chi connectivity index (χ1) is 13.1. The van der Waals surface area contributed by atoms with Gasteiger partial charge >= 0.3 is 0 Å². The van der Waals surface area contributed by atoms with Crippen LogP contribution >= 0.6 is 0 Å². The molecule has 142 valence electrons. The van der Waals surface area contributed by atoms with Crippen molar-refractivity contribution in [3.05, 3.63) is 52.6 Å². The largest absolute Gasteiger partial charge is 0.496 e. The molecule has 1 fully saturated rings. The highest BCUT2D eigenvalue weighted by Crippen LogP contribution is 2.25. The van der Waals surface area contributed by atoms with Crippen LogP contribution in [0.4, 0.5) is 0 Å². The van der Waals surface area contributed by atoms with Crippen molar-refractivity contribution in [2.45, 2.75) is 45.2 Å². The van der Waals surface area contributed by atoms with Crippen LogP contribution in [0.2, 0.25) is 0 Å². The fourth-order valence-corrected chi connectivity index (χ4v) is 3.94. The Morgan fingerprint density at radius 3 is 3.07 bits per heavy atom. The molecule has 27 heavy (non-hydrogen) atoms. The first-order valence-corrected chi connectivity index (χ1v) is 9.63. The number of nitrogens with zero attached hydrogens (tertiary/aromatic N) is 3. The lowest BCUT2D eigenvalue weighted by Crippen LogP contribution is -2.37. The second-order valence-electron chi connectivity index (χ2n) is 7.41. The minimum absolute atomic E-state index is 0.117. The summed E-state index contributed by atoms with van der Waals surface area (Å²) in [4.78, 5) is 24.1. The topological polar surface area (TPSA) is 67.3 Å². The van der Waals surface area contributed by atoms with E-state index in [1.807, 2.05) is 36.2 Å². The Morgan fingerprint density at radius 2 is 2.30 bits per heavy atom. The van der Waals surface area contributed by atoms with E-state index < -0.39 is 0 Å². The number of carbonyl (C=O) groups is 1. The van der Waals surface area contributed by atoms with Gasteiger partial charge in [0.1, 0.15) is 11.6 Å². The van der Waals surface area contributed by atoms with E-state index in [4.69, 9.17) is 9.72 Å². The fraction of sp³-hybridized carbons (Fsp3) is 0.476. The molecular weight excluding hydrogens is 340 g/mol. The van der Waals surface area contributed by atoms with Crippen LogP contribution in [-0.2, 0) is 24.2 Å². The van der Waals surface area contributed by atoms with Crippen molar-refractivity contribution < 1.29 is 9.53 Å². The molecule has 2 aliphatic rings. The molecule has 3 heterocycles. The summed E-state index contributed by atoms with van der Waals surface area (Å²) in [5.41, 5.74) is 4.22. The summed E-state index contributed by atoms with van der Waals surface area (Å²) >= 11 is 0. The van der Waals surface area contributed by atoms with Crippen LogP contribution in [0.1, 0.15) is 47.1 Å². The molecule has 0 bridgehead atoms. The maximum absolute atomic E-state index is 12.9. The molecular formula is C21H26N4O2. The standard InChI is InChI=1S/C21H26N4O2/c1-14-5-6-19(27-2)15(10-14)11-20(26)25-9-7-17-16(13-25)12-23-21(24-17)18-4-3-8-22-18/h5-6,10,12,18,22H,3-4,7-9,11,13H2,1-2H3/t18-/m1/s1. The van der Waals surface area contributed by atoms with E-state index in [-0.39, 0.29) is 11.9 Å². The average Bonchev–Trinajstić information content (AvgIpc) is 3.22. The van der Waals surface area contributed by atoms with Crippen molar-refractivity contribution in [2.75, 3.05) is 20.2 Å². The van der Waals surface area contributed by atoms with E-state index in [2.05, 4.69) is 10.3 Å². The molecule has 1 aromatic carbocycles. The van der Waals surface area contributed by atoms with Gasteiger partial charge in [0.15, 0.2) is 0 Å². The second kappa shape index (κ2) is 7.64. The first-order valence-electron chi connectivity index (χ1n) is 9.63. The summed E-state index contributed by atoms with van der Waals surface area (Å²) in [6.45, 7) is 4.35. The number of carbonyl (C=O) groups excluding carboxylic acids is 1. The molecule has 0 aliphatic carbocycles. The zero-order valence-corrected chi connectivity index (χ0v) is 16.0. The smallest absolute Gasteiger partial charge is 0.227 e. The summed E-state index contributed by atoms with van der Waals surface area (Å²) in [5.74, 6) is 1.78. The van der Waals surface area contributed by atoms with Gasteiger partial charge in [-0.05, 0) is 32.4 Å². The third-order valence-corrected chi connectivity index (χ3v) is 5.45. The minimum Gasteiger partial charge on any atom is -0.496 e. The number of nitrogens with one attached hydrogen (secondary N) is 1. The molecule has 0 saturated carbocycles. The van der Waals surface area contributed by atoms with Crippen molar-refractivity contribution in [1.82, 2.24) is 20.2 Å². The maximum Gasteiger partial charge on any atom is 0.227 e. The zero-order valence-electron chi connectivity index (χ0n) is 16.0. The van der Waals surface area contributed by atoms with Crippen molar-refractivity contribution in [3.8, 4) is 5.75 Å². The highest BCUT2D eigenvalue weighted by Gasteiger charge is 2.25. The maximum atomic E-state index is 12.9. The average molecular weight is 366 g/mol. The monoisotopic (exact) mass is 366 g/mol. The lowest BCUT2D eigenvalue weighted by Gasteiger charge is -2.29. The molecule has 0 unspecified atom stereocenters. The molecule has 6 nitrogen and oxygen atoms in total. The van der Waals surface area contributed by atoms with Crippen molar-refractivity contribution in [2.24, 2.45) is 0 Å². The molecule has 0 spiro atoms. The molecule has 4 rings (SSSR count). The molecule has 2 aromatic rings. The predicted octanol–water partition coefficient (Wildman–Crippen LogP) is 2.35. The van der Waals surface area contributed by atoms with Gasteiger partial charge in [-0.3, -0.25) is 4.79 Å². The van der Waals surface area contributed by atoms with Gasteiger partial charge in [0, 0.05) is 36.8 Å². The van der Waals surface area contributed by atoms with E-state index in [9.17, 15) is 4.79 Å². The Morgan fingerprint density at radius 1 is 1.41 bits per heavy atom. The van der Waals surface area contributed by atoms with Crippen LogP contribution in [0.25, 0.3) is 0 Å². The van der Waals surface area contributed by atoms with Crippen molar-refractivity contribution in [3.63, 3.8) is 0 Å².